The molecule has 0 saturated carbocycles. The van der Waals surface area contributed by atoms with Crippen LogP contribution in [0.15, 0.2) is 23.8 Å². The Morgan fingerprint density at radius 1 is 1.29 bits per heavy atom. The minimum Gasteiger partial charge on any atom is -0.183 e. The average molecular weight is 111 g/mol. The summed E-state index contributed by atoms with van der Waals surface area (Å²) in [6, 6.07) is 0. The largest absolute Gasteiger partial charge is 0.341 e. The van der Waals surface area contributed by atoms with Crippen molar-refractivity contribution < 1.29 is 4.79 Å². The third-order valence-electron chi connectivity index (χ3n) is 0.710. The van der Waals surface area contributed by atoms with Crippen LogP contribution in [0.25, 0.3) is 0 Å². The first kappa shape index (κ1) is 4.52. The Morgan fingerprint density at radius 2 is 1.86 bits per heavy atom. The molecule has 1 nitrogen and oxygen atoms in total. The van der Waals surface area contributed by atoms with Crippen molar-refractivity contribution in [2.45, 2.75) is 0 Å². The quantitative estimate of drug-likeness (QED) is 0.433. The first-order valence-electron chi connectivity index (χ1n) is 1.94. The van der Waals surface area contributed by atoms with Gasteiger partial charge >= 0.3 is 5.66 Å². The fraction of sp³-hybridized carbons (Fsp3) is 0. The summed E-state index contributed by atoms with van der Waals surface area (Å²) >= 11 is 0. The lowest BCUT2D eigenvalue weighted by Crippen LogP contribution is -1.37. The fourth-order valence-electron chi connectivity index (χ4n) is 0.395. The lowest BCUT2D eigenvalue weighted by Gasteiger charge is -1.50. The molecule has 1 heterocycles. The van der Waals surface area contributed by atoms with Gasteiger partial charge in [-0.05, 0) is 12.2 Å². The van der Waals surface area contributed by atoms with Crippen LogP contribution in [0.5, 0.6) is 0 Å². The van der Waals surface area contributed by atoms with Gasteiger partial charge in [0.25, 0.3) is 0 Å². The van der Waals surface area contributed by atoms with Gasteiger partial charge in [-0.1, -0.05) is 0 Å². The highest BCUT2D eigenvalue weighted by molar-refractivity contribution is 7.62. The van der Waals surface area contributed by atoms with Crippen LogP contribution in [-0.4, -0.2) is 5.66 Å². The number of carbonyl (C=O) groups excluding carboxylic acids is 1. The number of allylic oxidation sites excluding steroid dienone is 2. The van der Waals surface area contributed by atoms with E-state index >= 15 is 0 Å². The summed E-state index contributed by atoms with van der Waals surface area (Å²) < 4.78 is 0. The van der Waals surface area contributed by atoms with E-state index in [1.165, 1.54) is 0 Å². The standard InChI is InChI=1S/C5H4OP/c6-5-7-3-1-2-4-7/h1-4H/q+1. The molecule has 0 amide bonds. The highest BCUT2D eigenvalue weighted by Crippen LogP contribution is 2.27. The van der Waals surface area contributed by atoms with E-state index in [0.717, 1.165) is 0 Å². The Bertz CT molecular complexity index is 159. The monoisotopic (exact) mass is 111 g/mol. The van der Waals surface area contributed by atoms with Gasteiger partial charge in [-0.25, -0.2) is 0 Å². The molecule has 0 saturated heterocycles. The summed E-state index contributed by atoms with van der Waals surface area (Å²) in [6.07, 6.45) is 3.74. The van der Waals surface area contributed by atoms with Gasteiger partial charge in [-0.3, -0.25) is 0 Å². The number of rotatable bonds is 0. The molecule has 0 aromatic carbocycles. The molecule has 1 rings (SSSR count). The average Bonchev–Trinajstić information content (AvgIpc) is 2.14. The van der Waals surface area contributed by atoms with Gasteiger partial charge in [0, 0.05) is 0 Å². The molecular weight excluding hydrogens is 107 g/mol. The third kappa shape index (κ3) is 0.866. The minimum absolute atomic E-state index is 0.610. The predicted octanol–water partition coefficient (Wildman–Crippen LogP) is 1.58. The molecule has 34 valence electrons. The predicted molar refractivity (Wildman–Crippen MR) is 30.9 cm³/mol. The van der Waals surface area contributed by atoms with E-state index in [0.29, 0.717) is 0 Å². The van der Waals surface area contributed by atoms with Gasteiger partial charge in [0.1, 0.15) is 11.6 Å². The van der Waals surface area contributed by atoms with E-state index in [9.17, 15) is 4.79 Å². The van der Waals surface area contributed by atoms with Crippen molar-refractivity contribution >= 4 is 13.2 Å². The molecule has 1 aliphatic heterocycles. The summed E-state index contributed by atoms with van der Waals surface area (Å²) in [7, 11) is -0.610. The maximum absolute atomic E-state index is 9.81. The Morgan fingerprint density at radius 3 is 2.14 bits per heavy atom. The zero-order valence-corrected chi connectivity index (χ0v) is 4.56. The second-order valence-corrected chi connectivity index (χ2v) is 2.77. The highest BCUT2D eigenvalue weighted by atomic mass is 31.1. The smallest absolute Gasteiger partial charge is 0.183 e. The third-order valence-corrected chi connectivity index (χ3v) is 1.91. The Hall–Kier alpha value is -0.640. The topological polar surface area (TPSA) is 17.1 Å². The Kier molecular flexibility index (Phi) is 1.21. The van der Waals surface area contributed by atoms with Crippen molar-refractivity contribution in [2.24, 2.45) is 0 Å². The van der Waals surface area contributed by atoms with Crippen molar-refractivity contribution in [3.05, 3.63) is 23.8 Å². The summed E-state index contributed by atoms with van der Waals surface area (Å²) in [5.41, 5.74) is 1.91. The van der Waals surface area contributed by atoms with Crippen LogP contribution in [0.4, 0.5) is 0 Å². The minimum atomic E-state index is -0.610. The van der Waals surface area contributed by atoms with Crippen molar-refractivity contribution in [2.75, 3.05) is 0 Å². The molecule has 0 bridgehead atoms. The van der Waals surface area contributed by atoms with Gasteiger partial charge in [0.05, 0.1) is 0 Å². The van der Waals surface area contributed by atoms with E-state index in [1.807, 2.05) is 29.4 Å². The number of hydrogen-bond donors (Lipinski definition) is 0. The molecule has 0 spiro atoms. The molecule has 0 N–H and O–H groups in total. The Balaban J connectivity index is 3.00. The summed E-state index contributed by atoms with van der Waals surface area (Å²) in [5, 5.41) is 0. The van der Waals surface area contributed by atoms with Gasteiger partial charge in [0.2, 0.25) is 7.55 Å². The van der Waals surface area contributed by atoms with Crippen LogP contribution in [0.1, 0.15) is 0 Å². The lowest BCUT2D eigenvalue weighted by atomic mass is 10.6. The van der Waals surface area contributed by atoms with Crippen LogP contribution in [0.3, 0.4) is 0 Å². The summed E-state index contributed by atoms with van der Waals surface area (Å²) in [4.78, 5) is 9.81. The van der Waals surface area contributed by atoms with Gasteiger partial charge in [0.15, 0.2) is 0 Å². The molecular formula is C5H4OP+. The van der Waals surface area contributed by atoms with E-state index in [-0.39, 0.29) is 0 Å². The van der Waals surface area contributed by atoms with Crippen molar-refractivity contribution in [3.63, 3.8) is 0 Å². The molecule has 1 aliphatic rings. The van der Waals surface area contributed by atoms with Crippen LogP contribution in [0, 0.1) is 0 Å². The second-order valence-electron chi connectivity index (χ2n) is 1.18. The second kappa shape index (κ2) is 1.88. The van der Waals surface area contributed by atoms with Crippen LogP contribution >= 0.6 is 7.55 Å². The molecule has 7 heavy (non-hydrogen) atoms. The maximum Gasteiger partial charge on any atom is 0.341 e. The van der Waals surface area contributed by atoms with E-state index < -0.39 is 7.55 Å². The fourth-order valence-corrected chi connectivity index (χ4v) is 1.19. The van der Waals surface area contributed by atoms with E-state index in [1.54, 1.807) is 0 Å². The van der Waals surface area contributed by atoms with E-state index in [4.69, 9.17) is 0 Å². The molecule has 0 aromatic heterocycles. The van der Waals surface area contributed by atoms with Crippen LogP contribution in [0.2, 0.25) is 0 Å². The van der Waals surface area contributed by atoms with Crippen LogP contribution < -0.4 is 0 Å². The molecule has 0 aliphatic carbocycles. The zero-order chi connectivity index (χ0) is 5.11. The SMILES string of the molecule is O=C=[P+]1C=CC=C1. The lowest BCUT2D eigenvalue weighted by molar-refractivity contribution is 0.571. The summed E-state index contributed by atoms with van der Waals surface area (Å²) in [6.45, 7) is 0. The van der Waals surface area contributed by atoms with Crippen molar-refractivity contribution in [1.29, 1.82) is 0 Å². The molecule has 0 radical (unpaired) electrons. The maximum atomic E-state index is 9.81. The van der Waals surface area contributed by atoms with Crippen LogP contribution in [-0.2, 0) is 4.79 Å². The van der Waals surface area contributed by atoms with Gasteiger partial charge in [-0.15, -0.1) is 0 Å². The Labute approximate surface area is 42.7 Å². The highest BCUT2D eigenvalue weighted by Gasteiger charge is 2.02. The van der Waals surface area contributed by atoms with Gasteiger partial charge < -0.3 is 0 Å². The molecule has 0 atom stereocenters. The first-order chi connectivity index (χ1) is 3.43. The summed E-state index contributed by atoms with van der Waals surface area (Å²) in [5.74, 6) is 3.73. The van der Waals surface area contributed by atoms with Crippen molar-refractivity contribution in [3.8, 4) is 0 Å². The van der Waals surface area contributed by atoms with E-state index in [2.05, 4.69) is 0 Å². The van der Waals surface area contributed by atoms with Crippen molar-refractivity contribution in [1.82, 2.24) is 0 Å². The normalized spacial score (nSPS) is 15.1. The van der Waals surface area contributed by atoms with Gasteiger partial charge in [-0.2, -0.15) is 4.79 Å². The first-order valence-corrected chi connectivity index (χ1v) is 3.42. The molecule has 0 unspecified atom stereocenters. The molecule has 2 heteroatoms. The zero-order valence-electron chi connectivity index (χ0n) is 3.66. The molecule has 0 aromatic rings. The molecule has 0 fully saturated rings. The number of hydrogen-bond acceptors (Lipinski definition) is 1.